The quantitative estimate of drug-likeness (QED) is 0.934. The van der Waals surface area contributed by atoms with Gasteiger partial charge >= 0.3 is 0 Å². The van der Waals surface area contributed by atoms with Gasteiger partial charge in [-0.3, -0.25) is 0 Å². The monoisotopic (exact) mass is 312 g/mol. The van der Waals surface area contributed by atoms with Crippen LogP contribution in [0.1, 0.15) is 19.7 Å². The van der Waals surface area contributed by atoms with Crippen molar-refractivity contribution >= 4 is 15.9 Å². The molecule has 1 N–H and O–H groups in total. The van der Waals surface area contributed by atoms with Crippen molar-refractivity contribution in [1.29, 1.82) is 0 Å². The molecule has 5 heteroatoms. The lowest BCUT2D eigenvalue weighted by atomic mass is 10.2. The number of nitrogens with one attached hydrogen (secondary N) is 1. The molecule has 0 aliphatic heterocycles. The lowest BCUT2D eigenvalue weighted by molar-refractivity contribution is 0.459. The molecule has 2 aromatic rings. The summed E-state index contributed by atoms with van der Waals surface area (Å²) >= 11 is 3.31. The van der Waals surface area contributed by atoms with Crippen molar-refractivity contribution in [3.63, 3.8) is 0 Å². The summed E-state index contributed by atoms with van der Waals surface area (Å²) in [5.41, 5.74) is 0.791. The van der Waals surface area contributed by atoms with E-state index in [1.807, 2.05) is 0 Å². The highest BCUT2D eigenvalue weighted by atomic mass is 79.9. The van der Waals surface area contributed by atoms with E-state index in [0.29, 0.717) is 28.7 Å². The molecule has 0 radical (unpaired) electrons. The molecule has 0 spiro atoms. The Kier molecular flexibility index (Phi) is 4.14. The molecule has 1 aromatic heterocycles. The molecule has 0 aliphatic carbocycles. The van der Waals surface area contributed by atoms with Gasteiger partial charge in [0.1, 0.15) is 5.82 Å². The Morgan fingerprint density at radius 1 is 1.44 bits per heavy atom. The Morgan fingerprint density at radius 3 is 2.89 bits per heavy atom. The summed E-state index contributed by atoms with van der Waals surface area (Å²) in [6.07, 6.45) is 1.65. The van der Waals surface area contributed by atoms with Crippen LogP contribution in [0.15, 0.2) is 33.3 Å². The minimum Gasteiger partial charge on any atom is -0.439 e. The van der Waals surface area contributed by atoms with Crippen molar-refractivity contribution in [3.8, 4) is 11.3 Å². The van der Waals surface area contributed by atoms with Gasteiger partial charge in [0, 0.05) is 16.1 Å². The first-order chi connectivity index (χ1) is 8.56. The first-order valence-electron chi connectivity index (χ1n) is 5.70. The number of aromatic nitrogens is 1. The van der Waals surface area contributed by atoms with E-state index in [9.17, 15) is 4.39 Å². The first kappa shape index (κ1) is 13.2. The number of halogens is 2. The van der Waals surface area contributed by atoms with Gasteiger partial charge < -0.3 is 9.73 Å². The molecular formula is C13H14BrFN2O. The van der Waals surface area contributed by atoms with E-state index >= 15 is 0 Å². The van der Waals surface area contributed by atoms with Crippen molar-refractivity contribution in [2.45, 2.75) is 26.4 Å². The zero-order valence-corrected chi connectivity index (χ0v) is 11.8. The van der Waals surface area contributed by atoms with E-state index in [-0.39, 0.29) is 5.82 Å². The van der Waals surface area contributed by atoms with Crippen LogP contribution in [0.3, 0.4) is 0 Å². The summed E-state index contributed by atoms with van der Waals surface area (Å²) in [6, 6.07) is 4.84. The SMILES string of the molecule is CC(C)NCc1ncc(-c2ccc(F)cc2Br)o1. The molecular weight excluding hydrogens is 299 g/mol. The summed E-state index contributed by atoms with van der Waals surface area (Å²) in [5.74, 6) is 0.962. The Labute approximate surface area is 114 Å². The van der Waals surface area contributed by atoms with E-state index in [0.717, 1.165) is 5.56 Å². The Bertz CT molecular complexity index is 540. The average molecular weight is 313 g/mol. The van der Waals surface area contributed by atoms with Crippen LogP contribution >= 0.6 is 15.9 Å². The molecule has 0 saturated heterocycles. The smallest absolute Gasteiger partial charge is 0.208 e. The van der Waals surface area contributed by atoms with Crippen molar-refractivity contribution in [2.24, 2.45) is 0 Å². The van der Waals surface area contributed by atoms with Crippen LogP contribution < -0.4 is 5.32 Å². The third-order valence-corrected chi connectivity index (χ3v) is 3.07. The number of benzene rings is 1. The molecule has 0 unspecified atom stereocenters. The van der Waals surface area contributed by atoms with Gasteiger partial charge in [-0.15, -0.1) is 0 Å². The van der Waals surface area contributed by atoms with Crippen molar-refractivity contribution < 1.29 is 8.81 Å². The van der Waals surface area contributed by atoms with E-state index in [1.165, 1.54) is 12.1 Å². The predicted octanol–water partition coefficient (Wildman–Crippen LogP) is 3.74. The van der Waals surface area contributed by atoms with E-state index in [2.05, 4.69) is 40.1 Å². The van der Waals surface area contributed by atoms with Gasteiger partial charge in [-0.1, -0.05) is 13.8 Å². The third kappa shape index (κ3) is 3.17. The fourth-order valence-corrected chi connectivity index (χ4v) is 2.04. The van der Waals surface area contributed by atoms with E-state index in [1.54, 1.807) is 12.3 Å². The highest BCUT2D eigenvalue weighted by Gasteiger charge is 2.10. The molecule has 0 bridgehead atoms. The lowest BCUT2D eigenvalue weighted by Gasteiger charge is -2.04. The fourth-order valence-electron chi connectivity index (χ4n) is 1.50. The molecule has 1 aromatic carbocycles. The van der Waals surface area contributed by atoms with Gasteiger partial charge in [-0.25, -0.2) is 9.37 Å². The maximum Gasteiger partial charge on any atom is 0.208 e. The molecule has 1 heterocycles. The van der Waals surface area contributed by atoms with Crippen LogP contribution in [0.2, 0.25) is 0 Å². The maximum atomic E-state index is 13.0. The molecule has 18 heavy (non-hydrogen) atoms. The van der Waals surface area contributed by atoms with Crippen LogP contribution in [0.4, 0.5) is 4.39 Å². The van der Waals surface area contributed by atoms with Crippen LogP contribution in [0, 0.1) is 5.82 Å². The van der Waals surface area contributed by atoms with Gasteiger partial charge in [-0.05, 0) is 34.1 Å². The first-order valence-corrected chi connectivity index (χ1v) is 6.49. The number of rotatable bonds is 4. The summed E-state index contributed by atoms with van der Waals surface area (Å²) < 4.78 is 19.3. The van der Waals surface area contributed by atoms with E-state index in [4.69, 9.17) is 4.42 Å². The normalized spacial score (nSPS) is 11.2. The van der Waals surface area contributed by atoms with E-state index < -0.39 is 0 Å². The molecule has 0 fully saturated rings. The minimum absolute atomic E-state index is 0.285. The van der Waals surface area contributed by atoms with Crippen molar-refractivity contribution in [2.75, 3.05) is 0 Å². The second-order valence-corrected chi connectivity index (χ2v) is 5.13. The molecule has 0 atom stereocenters. The zero-order chi connectivity index (χ0) is 13.1. The summed E-state index contributed by atoms with van der Waals surface area (Å²) in [7, 11) is 0. The van der Waals surface area contributed by atoms with Crippen LogP contribution in [0.5, 0.6) is 0 Å². The highest BCUT2D eigenvalue weighted by molar-refractivity contribution is 9.10. The second-order valence-electron chi connectivity index (χ2n) is 4.28. The zero-order valence-electron chi connectivity index (χ0n) is 10.2. The molecule has 0 saturated carbocycles. The standard InChI is InChI=1S/C13H14BrFN2O/c1-8(2)16-7-13-17-6-12(18-13)10-4-3-9(15)5-11(10)14/h3-6,8,16H,7H2,1-2H3. The average Bonchev–Trinajstić information content (AvgIpc) is 2.75. The third-order valence-electron chi connectivity index (χ3n) is 2.41. The van der Waals surface area contributed by atoms with Gasteiger partial charge in [0.05, 0.1) is 12.7 Å². The maximum absolute atomic E-state index is 13.0. The predicted molar refractivity (Wildman–Crippen MR) is 71.6 cm³/mol. The molecule has 96 valence electrons. The fraction of sp³-hybridized carbons (Fsp3) is 0.308. The number of hydrogen-bond donors (Lipinski definition) is 1. The summed E-state index contributed by atoms with van der Waals surface area (Å²) in [6.45, 7) is 4.69. The van der Waals surface area contributed by atoms with Gasteiger partial charge in [0.25, 0.3) is 0 Å². The van der Waals surface area contributed by atoms with Crippen LogP contribution in [-0.2, 0) is 6.54 Å². The van der Waals surface area contributed by atoms with Gasteiger partial charge in [0.15, 0.2) is 5.76 Å². The van der Waals surface area contributed by atoms with Crippen LogP contribution in [0.25, 0.3) is 11.3 Å². The van der Waals surface area contributed by atoms with Crippen molar-refractivity contribution in [3.05, 3.63) is 40.6 Å². The topological polar surface area (TPSA) is 38.1 Å². The summed E-state index contributed by atoms with van der Waals surface area (Å²) in [4.78, 5) is 4.18. The lowest BCUT2D eigenvalue weighted by Crippen LogP contribution is -2.21. The number of nitrogens with zero attached hydrogens (tertiary/aromatic N) is 1. The molecule has 3 nitrogen and oxygen atoms in total. The van der Waals surface area contributed by atoms with Crippen LogP contribution in [-0.4, -0.2) is 11.0 Å². The largest absolute Gasteiger partial charge is 0.439 e. The summed E-state index contributed by atoms with van der Waals surface area (Å²) in [5, 5.41) is 3.22. The molecule has 0 aliphatic rings. The number of hydrogen-bond acceptors (Lipinski definition) is 3. The van der Waals surface area contributed by atoms with Gasteiger partial charge in [-0.2, -0.15) is 0 Å². The minimum atomic E-state index is -0.285. The highest BCUT2D eigenvalue weighted by Crippen LogP contribution is 2.29. The Morgan fingerprint density at radius 2 is 2.22 bits per heavy atom. The number of oxazole rings is 1. The molecule has 0 amide bonds. The Hall–Kier alpha value is -1.20. The van der Waals surface area contributed by atoms with Crippen molar-refractivity contribution in [1.82, 2.24) is 10.3 Å². The second kappa shape index (κ2) is 5.63. The molecule has 2 rings (SSSR count). The van der Waals surface area contributed by atoms with Gasteiger partial charge in [0.2, 0.25) is 5.89 Å². The Balaban J connectivity index is 2.18.